The molecule has 1 saturated heterocycles. The smallest absolute Gasteiger partial charge is 0.241 e. The molecule has 1 aliphatic heterocycles. The van der Waals surface area contributed by atoms with Crippen LogP contribution in [0.1, 0.15) is 32.1 Å². The number of carbonyl (C=O) groups is 1. The van der Waals surface area contributed by atoms with Crippen molar-refractivity contribution in [3.8, 4) is 0 Å². The molecule has 0 aromatic carbocycles. The quantitative estimate of drug-likeness (QED) is 0.759. The molecule has 1 unspecified atom stereocenters. The summed E-state index contributed by atoms with van der Waals surface area (Å²) < 4.78 is 24.7. The van der Waals surface area contributed by atoms with Gasteiger partial charge in [-0.15, -0.1) is 0 Å². The molecule has 0 aromatic heterocycles. The highest BCUT2D eigenvalue weighted by Crippen LogP contribution is 2.28. The molecule has 19 heavy (non-hydrogen) atoms. The highest BCUT2D eigenvalue weighted by atomic mass is 32.2. The van der Waals surface area contributed by atoms with Gasteiger partial charge in [-0.05, 0) is 32.1 Å². The van der Waals surface area contributed by atoms with Gasteiger partial charge in [0.25, 0.3) is 0 Å². The number of rotatable bonds is 5. The van der Waals surface area contributed by atoms with E-state index in [1.54, 1.807) is 4.90 Å². The Hall–Kier alpha value is -0.660. The standard InChI is InChI=1S/C12H22N2O4S/c1-19(17,18)14-7-3-6-11(14)12(16)13(8-9-15)10-4-2-5-10/h10-11,15H,2-9H2,1H3. The average molecular weight is 290 g/mol. The second-order valence-corrected chi connectivity index (χ2v) is 7.31. The molecule has 1 amide bonds. The Morgan fingerprint density at radius 3 is 2.47 bits per heavy atom. The van der Waals surface area contributed by atoms with Gasteiger partial charge in [0.1, 0.15) is 6.04 Å². The SMILES string of the molecule is CS(=O)(=O)N1CCCC1C(=O)N(CCO)C1CCC1. The molecule has 0 spiro atoms. The second-order valence-electron chi connectivity index (χ2n) is 5.37. The Bertz CT molecular complexity index is 433. The minimum atomic E-state index is -3.34. The molecule has 2 rings (SSSR count). The maximum atomic E-state index is 12.5. The van der Waals surface area contributed by atoms with Gasteiger partial charge >= 0.3 is 0 Å². The predicted molar refractivity (Wildman–Crippen MR) is 71.0 cm³/mol. The van der Waals surface area contributed by atoms with Crippen molar-refractivity contribution in [3.05, 3.63) is 0 Å². The molecule has 1 saturated carbocycles. The molecule has 1 aliphatic carbocycles. The molecule has 7 heteroatoms. The van der Waals surface area contributed by atoms with Crippen molar-refractivity contribution in [2.45, 2.75) is 44.2 Å². The van der Waals surface area contributed by atoms with Crippen LogP contribution in [0, 0.1) is 0 Å². The van der Waals surface area contributed by atoms with Crippen LogP contribution in [-0.2, 0) is 14.8 Å². The first kappa shape index (κ1) is 14.7. The third kappa shape index (κ3) is 3.09. The van der Waals surface area contributed by atoms with Crippen molar-refractivity contribution in [1.29, 1.82) is 0 Å². The third-order valence-electron chi connectivity index (χ3n) is 4.05. The van der Waals surface area contributed by atoms with Crippen LogP contribution in [0.2, 0.25) is 0 Å². The van der Waals surface area contributed by atoms with Gasteiger partial charge in [-0.25, -0.2) is 8.42 Å². The van der Waals surface area contributed by atoms with Crippen molar-refractivity contribution in [3.63, 3.8) is 0 Å². The Labute approximate surface area is 114 Å². The zero-order chi connectivity index (χ0) is 14.0. The van der Waals surface area contributed by atoms with E-state index in [1.807, 2.05) is 0 Å². The highest BCUT2D eigenvalue weighted by Gasteiger charge is 2.40. The van der Waals surface area contributed by atoms with Crippen molar-refractivity contribution >= 4 is 15.9 Å². The maximum Gasteiger partial charge on any atom is 0.241 e. The summed E-state index contributed by atoms with van der Waals surface area (Å²) in [5, 5.41) is 9.10. The van der Waals surface area contributed by atoms with Crippen LogP contribution in [0.5, 0.6) is 0 Å². The molecule has 1 heterocycles. The van der Waals surface area contributed by atoms with Gasteiger partial charge in [0, 0.05) is 19.1 Å². The van der Waals surface area contributed by atoms with Crippen molar-refractivity contribution < 1.29 is 18.3 Å². The fourth-order valence-electron chi connectivity index (χ4n) is 2.85. The lowest BCUT2D eigenvalue weighted by Gasteiger charge is -2.39. The van der Waals surface area contributed by atoms with Gasteiger partial charge in [-0.3, -0.25) is 4.79 Å². The van der Waals surface area contributed by atoms with E-state index < -0.39 is 16.1 Å². The molecular formula is C12H22N2O4S. The first-order valence-corrected chi connectivity index (χ1v) is 8.68. The number of carbonyl (C=O) groups excluding carboxylic acids is 1. The van der Waals surface area contributed by atoms with Gasteiger partial charge in [0.05, 0.1) is 12.9 Å². The zero-order valence-electron chi connectivity index (χ0n) is 11.3. The van der Waals surface area contributed by atoms with Crippen molar-refractivity contribution in [2.75, 3.05) is 26.0 Å². The first-order valence-electron chi connectivity index (χ1n) is 6.83. The van der Waals surface area contributed by atoms with Gasteiger partial charge in [0.15, 0.2) is 0 Å². The van der Waals surface area contributed by atoms with Crippen LogP contribution in [0.4, 0.5) is 0 Å². The molecule has 0 aromatic rings. The number of amides is 1. The lowest BCUT2D eigenvalue weighted by molar-refractivity contribution is -0.139. The average Bonchev–Trinajstić information content (AvgIpc) is 2.73. The maximum absolute atomic E-state index is 12.5. The Morgan fingerprint density at radius 2 is 2.00 bits per heavy atom. The minimum absolute atomic E-state index is 0.0756. The number of aliphatic hydroxyl groups excluding tert-OH is 1. The summed E-state index contributed by atoms with van der Waals surface area (Å²) in [7, 11) is -3.34. The summed E-state index contributed by atoms with van der Waals surface area (Å²) in [5.74, 6) is -0.137. The summed E-state index contributed by atoms with van der Waals surface area (Å²) in [6.45, 7) is 0.651. The highest BCUT2D eigenvalue weighted by molar-refractivity contribution is 7.88. The van der Waals surface area contributed by atoms with Gasteiger partial charge < -0.3 is 10.0 Å². The van der Waals surface area contributed by atoms with E-state index in [9.17, 15) is 13.2 Å². The van der Waals surface area contributed by atoms with E-state index >= 15 is 0 Å². The molecule has 1 atom stereocenters. The number of nitrogens with zero attached hydrogens (tertiary/aromatic N) is 2. The number of hydrogen-bond donors (Lipinski definition) is 1. The minimum Gasteiger partial charge on any atom is -0.395 e. The normalized spacial score (nSPS) is 25.3. The Balaban J connectivity index is 2.11. The van der Waals surface area contributed by atoms with E-state index in [1.165, 1.54) is 4.31 Å². The fourth-order valence-corrected chi connectivity index (χ4v) is 3.97. The largest absolute Gasteiger partial charge is 0.395 e. The monoisotopic (exact) mass is 290 g/mol. The predicted octanol–water partition coefficient (Wildman–Crippen LogP) is -0.216. The van der Waals surface area contributed by atoms with Crippen LogP contribution in [0.3, 0.4) is 0 Å². The fraction of sp³-hybridized carbons (Fsp3) is 0.917. The van der Waals surface area contributed by atoms with Crippen LogP contribution in [-0.4, -0.2) is 66.7 Å². The van der Waals surface area contributed by atoms with Crippen molar-refractivity contribution in [2.24, 2.45) is 0 Å². The lowest BCUT2D eigenvalue weighted by Crippen LogP contribution is -2.53. The van der Waals surface area contributed by atoms with E-state index in [2.05, 4.69) is 0 Å². The summed E-state index contributed by atoms with van der Waals surface area (Å²) >= 11 is 0. The number of sulfonamides is 1. The van der Waals surface area contributed by atoms with Gasteiger partial charge in [0.2, 0.25) is 15.9 Å². The topological polar surface area (TPSA) is 77.9 Å². The van der Waals surface area contributed by atoms with Gasteiger partial charge in [-0.1, -0.05) is 0 Å². The summed E-state index contributed by atoms with van der Waals surface area (Å²) in [4.78, 5) is 14.2. The molecule has 0 radical (unpaired) electrons. The molecule has 2 fully saturated rings. The third-order valence-corrected chi connectivity index (χ3v) is 5.34. The molecule has 110 valence electrons. The van der Waals surface area contributed by atoms with E-state index in [0.717, 1.165) is 31.9 Å². The molecule has 1 N–H and O–H groups in total. The van der Waals surface area contributed by atoms with Crippen LogP contribution < -0.4 is 0 Å². The molecule has 0 bridgehead atoms. The second kappa shape index (κ2) is 5.76. The summed E-state index contributed by atoms with van der Waals surface area (Å²) in [6, 6.07) is -0.385. The summed E-state index contributed by atoms with van der Waals surface area (Å²) in [6.07, 6.45) is 5.47. The number of aliphatic hydroxyl groups is 1. The zero-order valence-corrected chi connectivity index (χ0v) is 12.1. The van der Waals surface area contributed by atoms with Crippen LogP contribution >= 0.6 is 0 Å². The van der Waals surface area contributed by atoms with Gasteiger partial charge in [-0.2, -0.15) is 4.31 Å². The van der Waals surface area contributed by atoms with E-state index in [-0.39, 0.29) is 18.6 Å². The van der Waals surface area contributed by atoms with Crippen LogP contribution in [0.15, 0.2) is 0 Å². The Kier molecular flexibility index (Phi) is 4.47. The summed E-state index contributed by atoms with van der Waals surface area (Å²) in [5.41, 5.74) is 0. The number of hydrogen-bond acceptors (Lipinski definition) is 4. The van der Waals surface area contributed by atoms with Crippen LogP contribution in [0.25, 0.3) is 0 Å². The first-order chi connectivity index (χ1) is 8.95. The van der Waals surface area contributed by atoms with Crippen molar-refractivity contribution in [1.82, 2.24) is 9.21 Å². The van der Waals surface area contributed by atoms with E-state index in [0.29, 0.717) is 19.5 Å². The molecular weight excluding hydrogens is 268 g/mol. The Morgan fingerprint density at radius 1 is 1.32 bits per heavy atom. The lowest BCUT2D eigenvalue weighted by atomic mass is 9.91. The molecule has 6 nitrogen and oxygen atoms in total. The van der Waals surface area contributed by atoms with E-state index in [4.69, 9.17) is 5.11 Å². The molecule has 2 aliphatic rings.